The molecule has 4 heteroatoms. The molecule has 1 amide bonds. The van der Waals surface area contributed by atoms with E-state index in [1.807, 2.05) is 37.3 Å². The van der Waals surface area contributed by atoms with Gasteiger partial charge >= 0.3 is 0 Å². The van der Waals surface area contributed by atoms with E-state index in [1.54, 1.807) is 17.1 Å². The Kier molecular flexibility index (Phi) is 4.00. The van der Waals surface area contributed by atoms with Crippen molar-refractivity contribution in [1.29, 1.82) is 0 Å². The normalized spacial score (nSPS) is 12.4. The Morgan fingerprint density at radius 2 is 1.89 bits per heavy atom. The van der Waals surface area contributed by atoms with E-state index in [4.69, 9.17) is 0 Å². The molecule has 19 heavy (non-hydrogen) atoms. The SMILES string of the molecule is CC(C)C(C)NC(=O)c1cnn(-c2ccccc2)c1. The fourth-order valence-electron chi connectivity index (χ4n) is 1.62. The summed E-state index contributed by atoms with van der Waals surface area (Å²) in [6, 6.07) is 9.88. The second-order valence-corrected chi connectivity index (χ2v) is 5.02. The number of carbonyl (C=O) groups excluding carboxylic acids is 1. The predicted molar refractivity (Wildman–Crippen MR) is 75.3 cm³/mol. The second kappa shape index (κ2) is 5.69. The van der Waals surface area contributed by atoms with Crippen LogP contribution >= 0.6 is 0 Å². The zero-order chi connectivity index (χ0) is 13.8. The third-order valence-electron chi connectivity index (χ3n) is 3.22. The molecular weight excluding hydrogens is 238 g/mol. The Morgan fingerprint density at radius 1 is 1.21 bits per heavy atom. The van der Waals surface area contributed by atoms with Gasteiger partial charge in [-0.15, -0.1) is 0 Å². The van der Waals surface area contributed by atoms with Gasteiger partial charge in [-0.25, -0.2) is 4.68 Å². The molecule has 1 aromatic heterocycles. The molecule has 2 rings (SSSR count). The Hall–Kier alpha value is -2.10. The molecule has 0 saturated heterocycles. The summed E-state index contributed by atoms with van der Waals surface area (Å²) in [5.41, 5.74) is 1.52. The van der Waals surface area contributed by atoms with Gasteiger partial charge in [-0.3, -0.25) is 4.79 Å². The monoisotopic (exact) mass is 257 g/mol. The first-order valence-electron chi connectivity index (χ1n) is 6.49. The summed E-state index contributed by atoms with van der Waals surface area (Å²) in [5.74, 6) is 0.330. The number of carbonyl (C=O) groups is 1. The summed E-state index contributed by atoms with van der Waals surface area (Å²) >= 11 is 0. The molecule has 0 aliphatic carbocycles. The minimum Gasteiger partial charge on any atom is -0.349 e. The Bertz CT molecular complexity index is 546. The molecule has 1 N–H and O–H groups in total. The van der Waals surface area contributed by atoms with Crippen LogP contribution in [0.4, 0.5) is 0 Å². The number of para-hydroxylation sites is 1. The first kappa shape index (κ1) is 13.3. The molecule has 0 fully saturated rings. The average Bonchev–Trinajstić information content (AvgIpc) is 2.89. The lowest BCUT2D eigenvalue weighted by atomic mass is 10.1. The number of rotatable bonds is 4. The van der Waals surface area contributed by atoms with Crippen molar-refractivity contribution in [2.45, 2.75) is 26.8 Å². The molecule has 100 valence electrons. The molecule has 1 aromatic carbocycles. The summed E-state index contributed by atoms with van der Waals surface area (Å²) in [6.07, 6.45) is 3.34. The van der Waals surface area contributed by atoms with E-state index >= 15 is 0 Å². The van der Waals surface area contributed by atoms with Crippen molar-refractivity contribution < 1.29 is 4.79 Å². The smallest absolute Gasteiger partial charge is 0.254 e. The molecule has 0 bridgehead atoms. The molecule has 1 atom stereocenters. The van der Waals surface area contributed by atoms with Crippen molar-refractivity contribution in [3.05, 3.63) is 48.3 Å². The molecule has 2 aromatic rings. The van der Waals surface area contributed by atoms with Crippen LogP contribution in [0.3, 0.4) is 0 Å². The third kappa shape index (κ3) is 3.22. The number of hydrogen-bond donors (Lipinski definition) is 1. The van der Waals surface area contributed by atoms with Crippen molar-refractivity contribution in [3.63, 3.8) is 0 Å². The van der Waals surface area contributed by atoms with Crippen molar-refractivity contribution in [1.82, 2.24) is 15.1 Å². The van der Waals surface area contributed by atoms with Gasteiger partial charge in [0.15, 0.2) is 0 Å². The number of aromatic nitrogens is 2. The van der Waals surface area contributed by atoms with Crippen LogP contribution in [-0.2, 0) is 0 Å². The highest BCUT2D eigenvalue weighted by Crippen LogP contribution is 2.08. The zero-order valence-electron chi connectivity index (χ0n) is 11.5. The van der Waals surface area contributed by atoms with Gasteiger partial charge in [-0.1, -0.05) is 32.0 Å². The van der Waals surface area contributed by atoms with E-state index in [0.717, 1.165) is 5.69 Å². The third-order valence-corrected chi connectivity index (χ3v) is 3.22. The summed E-state index contributed by atoms with van der Waals surface area (Å²) < 4.78 is 1.70. The van der Waals surface area contributed by atoms with Crippen LogP contribution in [0.1, 0.15) is 31.1 Å². The van der Waals surface area contributed by atoms with Crippen molar-refractivity contribution in [3.8, 4) is 5.69 Å². The van der Waals surface area contributed by atoms with E-state index in [-0.39, 0.29) is 11.9 Å². The quantitative estimate of drug-likeness (QED) is 0.915. The molecule has 0 radical (unpaired) electrons. The van der Waals surface area contributed by atoms with Crippen molar-refractivity contribution >= 4 is 5.91 Å². The largest absolute Gasteiger partial charge is 0.349 e. The van der Waals surface area contributed by atoms with Crippen LogP contribution in [0.2, 0.25) is 0 Å². The lowest BCUT2D eigenvalue weighted by Gasteiger charge is -2.16. The first-order valence-corrected chi connectivity index (χ1v) is 6.49. The van der Waals surface area contributed by atoms with E-state index in [1.165, 1.54) is 0 Å². The minimum absolute atomic E-state index is 0.0802. The summed E-state index contributed by atoms with van der Waals surface area (Å²) in [7, 11) is 0. The van der Waals surface area contributed by atoms with Gasteiger partial charge in [0.05, 0.1) is 17.4 Å². The minimum atomic E-state index is -0.0802. The molecule has 1 heterocycles. The maximum absolute atomic E-state index is 12.0. The van der Waals surface area contributed by atoms with E-state index in [9.17, 15) is 4.79 Å². The lowest BCUT2D eigenvalue weighted by Crippen LogP contribution is -2.35. The van der Waals surface area contributed by atoms with Gasteiger partial charge in [0.25, 0.3) is 5.91 Å². The van der Waals surface area contributed by atoms with Crippen LogP contribution in [-0.4, -0.2) is 21.7 Å². The fourth-order valence-corrected chi connectivity index (χ4v) is 1.62. The highest BCUT2D eigenvalue weighted by Gasteiger charge is 2.14. The predicted octanol–water partition coefficient (Wildman–Crippen LogP) is 2.65. The Balaban J connectivity index is 2.11. The topological polar surface area (TPSA) is 46.9 Å². The maximum Gasteiger partial charge on any atom is 0.254 e. The molecule has 0 aliphatic heterocycles. The Labute approximate surface area is 113 Å². The van der Waals surface area contributed by atoms with Gasteiger partial charge < -0.3 is 5.32 Å². The van der Waals surface area contributed by atoms with E-state index in [2.05, 4.69) is 24.3 Å². The van der Waals surface area contributed by atoms with E-state index < -0.39 is 0 Å². The first-order chi connectivity index (χ1) is 9.08. The number of nitrogens with zero attached hydrogens (tertiary/aromatic N) is 2. The van der Waals surface area contributed by atoms with Crippen LogP contribution in [0.15, 0.2) is 42.7 Å². The highest BCUT2D eigenvalue weighted by molar-refractivity contribution is 5.93. The van der Waals surface area contributed by atoms with Gasteiger partial charge in [0.2, 0.25) is 0 Å². The summed E-state index contributed by atoms with van der Waals surface area (Å²) in [6.45, 7) is 6.17. The molecule has 0 spiro atoms. The van der Waals surface area contributed by atoms with Gasteiger partial charge in [0, 0.05) is 12.2 Å². The summed E-state index contributed by atoms with van der Waals surface area (Å²) in [5, 5.41) is 7.18. The molecule has 4 nitrogen and oxygen atoms in total. The fraction of sp³-hybridized carbons (Fsp3) is 0.333. The van der Waals surface area contributed by atoms with Crippen LogP contribution in [0, 0.1) is 5.92 Å². The molecule has 1 unspecified atom stereocenters. The number of nitrogens with one attached hydrogen (secondary N) is 1. The lowest BCUT2D eigenvalue weighted by molar-refractivity contribution is 0.0930. The van der Waals surface area contributed by atoms with Crippen LogP contribution in [0.25, 0.3) is 5.69 Å². The standard InChI is InChI=1S/C15H19N3O/c1-11(2)12(3)17-15(19)13-9-16-18(10-13)14-7-5-4-6-8-14/h4-12H,1-3H3,(H,17,19). The van der Waals surface area contributed by atoms with Crippen molar-refractivity contribution in [2.24, 2.45) is 5.92 Å². The van der Waals surface area contributed by atoms with E-state index in [0.29, 0.717) is 11.5 Å². The summed E-state index contributed by atoms with van der Waals surface area (Å²) in [4.78, 5) is 12.0. The van der Waals surface area contributed by atoms with Crippen LogP contribution in [0.5, 0.6) is 0 Å². The van der Waals surface area contributed by atoms with Gasteiger partial charge in [-0.2, -0.15) is 5.10 Å². The molecular formula is C15H19N3O. The second-order valence-electron chi connectivity index (χ2n) is 5.02. The average molecular weight is 257 g/mol. The van der Waals surface area contributed by atoms with Crippen LogP contribution < -0.4 is 5.32 Å². The molecule has 0 aliphatic rings. The Morgan fingerprint density at radius 3 is 2.53 bits per heavy atom. The zero-order valence-corrected chi connectivity index (χ0v) is 11.5. The number of hydrogen-bond acceptors (Lipinski definition) is 2. The number of benzene rings is 1. The van der Waals surface area contributed by atoms with Gasteiger partial charge in [0.1, 0.15) is 0 Å². The highest BCUT2D eigenvalue weighted by atomic mass is 16.1. The number of amides is 1. The molecule has 0 saturated carbocycles. The van der Waals surface area contributed by atoms with Gasteiger partial charge in [-0.05, 0) is 25.0 Å². The van der Waals surface area contributed by atoms with Crippen molar-refractivity contribution in [2.75, 3.05) is 0 Å². The maximum atomic E-state index is 12.0.